The molecular weight excluding hydrogens is 400 g/mol. The fourth-order valence-corrected chi connectivity index (χ4v) is 3.25. The molecule has 4 rings (SSSR count). The maximum absolute atomic E-state index is 11.6. The predicted molar refractivity (Wildman–Crippen MR) is 122 cm³/mol. The largest absolute Gasteiger partial charge is 0.493 e. The van der Waals surface area contributed by atoms with Crippen molar-refractivity contribution in [3.05, 3.63) is 99.4 Å². The first-order valence-electron chi connectivity index (χ1n) is 9.36. The Morgan fingerprint density at radius 2 is 1.83 bits per heavy atom. The third kappa shape index (κ3) is 4.36. The molecule has 4 aromatic rings. The highest BCUT2D eigenvalue weighted by Gasteiger charge is 2.10. The van der Waals surface area contributed by atoms with Crippen molar-refractivity contribution < 1.29 is 9.15 Å². The second kappa shape index (κ2) is 8.84. The fourth-order valence-electron chi connectivity index (χ4n) is 3.13. The monoisotopic (exact) mass is 418 g/mol. The molecule has 0 aliphatic heterocycles. The van der Waals surface area contributed by atoms with Crippen LogP contribution < -0.4 is 15.7 Å². The van der Waals surface area contributed by atoms with Gasteiger partial charge >= 0.3 is 5.63 Å². The third-order valence-electron chi connectivity index (χ3n) is 4.65. The zero-order chi connectivity index (χ0) is 20.9. The number of para-hydroxylation sites is 2. The van der Waals surface area contributed by atoms with Gasteiger partial charge in [-0.3, -0.25) is 4.99 Å². The highest BCUT2D eigenvalue weighted by Crippen LogP contribution is 2.29. The van der Waals surface area contributed by atoms with Crippen LogP contribution in [0.2, 0.25) is 5.02 Å². The lowest BCUT2D eigenvalue weighted by Crippen LogP contribution is -2.03. The van der Waals surface area contributed by atoms with Gasteiger partial charge in [0.1, 0.15) is 0 Å². The molecule has 0 amide bonds. The Morgan fingerprint density at radius 1 is 1.03 bits per heavy atom. The summed E-state index contributed by atoms with van der Waals surface area (Å²) in [4.78, 5) is 16.2. The summed E-state index contributed by atoms with van der Waals surface area (Å²) in [6.45, 7) is 0.529. The van der Waals surface area contributed by atoms with Crippen LogP contribution in [-0.4, -0.2) is 13.3 Å². The number of anilines is 1. The van der Waals surface area contributed by atoms with Crippen molar-refractivity contribution in [3.63, 3.8) is 0 Å². The molecule has 0 aliphatic carbocycles. The van der Waals surface area contributed by atoms with Gasteiger partial charge in [-0.15, -0.1) is 0 Å². The van der Waals surface area contributed by atoms with Crippen LogP contribution in [0.3, 0.4) is 0 Å². The van der Waals surface area contributed by atoms with Gasteiger partial charge in [0.25, 0.3) is 0 Å². The van der Waals surface area contributed by atoms with Crippen LogP contribution in [0, 0.1) is 0 Å². The van der Waals surface area contributed by atoms with Crippen molar-refractivity contribution in [1.29, 1.82) is 0 Å². The quantitative estimate of drug-likeness (QED) is 0.316. The van der Waals surface area contributed by atoms with E-state index in [4.69, 9.17) is 20.8 Å². The average Bonchev–Trinajstić information content (AvgIpc) is 2.77. The Kier molecular flexibility index (Phi) is 5.82. The Labute approximate surface area is 178 Å². The predicted octanol–water partition coefficient (Wildman–Crippen LogP) is 5.82. The van der Waals surface area contributed by atoms with Gasteiger partial charge in [-0.25, -0.2) is 4.79 Å². The van der Waals surface area contributed by atoms with Crippen molar-refractivity contribution >= 4 is 40.2 Å². The molecule has 0 unspecified atom stereocenters. The summed E-state index contributed by atoms with van der Waals surface area (Å²) in [5.74, 6) is 0.527. The average molecular weight is 419 g/mol. The first-order chi connectivity index (χ1) is 14.6. The van der Waals surface area contributed by atoms with Gasteiger partial charge in [-0.2, -0.15) is 0 Å². The molecule has 30 heavy (non-hydrogen) atoms. The smallest absolute Gasteiger partial charge is 0.336 e. The van der Waals surface area contributed by atoms with Crippen LogP contribution in [0.4, 0.5) is 11.4 Å². The molecule has 1 heterocycles. The summed E-state index contributed by atoms with van der Waals surface area (Å²) in [5.41, 5.74) is 3.68. The van der Waals surface area contributed by atoms with E-state index in [0.717, 1.165) is 27.9 Å². The van der Waals surface area contributed by atoms with Gasteiger partial charge in [0.2, 0.25) is 0 Å². The van der Waals surface area contributed by atoms with Crippen molar-refractivity contribution in [1.82, 2.24) is 0 Å². The minimum absolute atomic E-state index is 0.409. The second-order valence-corrected chi connectivity index (χ2v) is 7.04. The van der Waals surface area contributed by atoms with E-state index in [9.17, 15) is 4.79 Å². The molecule has 0 bridgehead atoms. The molecule has 0 atom stereocenters. The summed E-state index contributed by atoms with van der Waals surface area (Å²) < 4.78 is 10.7. The lowest BCUT2D eigenvalue weighted by atomic mass is 10.1. The topological polar surface area (TPSA) is 63.8 Å². The van der Waals surface area contributed by atoms with Crippen LogP contribution in [-0.2, 0) is 6.54 Å². The van der Waals surface area contributed by atoms with Crippen molar-refractivity contribution in [3.8, 4) is 5.75 Å². The molecule has 5 nitrogen and oxygen atoms in total. The Balaban J connectivity index is 1.59. The van der Waals surface area contributed by atoms with Crippen LogP contribution in [0.1, 0.15) is 11.1 Å². The summed E-state index contributed by atoms with van der Waals surface area (Å²) >= 11 is 5.94. The van der Waals surface area contributed by atoms with Gasteiger partial charge in [-0.05, 0) is 47.5 Å². The third-order valence-corrected chi connectivity index (χ3v) is 4.91. The molecule has 0 saturated heterocycles. The Bertz CT molecular complexity index is 1260. The van der Waals surface area contributed by atoms with Crippen molar-refractivity contribution in [2.45, 2.75) is 6.54 Å². The van der Waals surface area contributed by atoms with Crippen LogP contribution in [0.25, 0.3) is 11.0 Å². The van der Waals surface area contributed by atoms with Gasteiger partial charge in [0, 0.05) is 29.2 Å². The molecule has 0 spiro atoms. The maximum Gasteiger partial charge on any atom is 0.336 e. The molecule has 6 heteroatoms. The van der Waals surface area contributed by atoms with Crippen LogP contribution in [0.15, 0.2) is 87.0 Å². The molecule has 1 aromatic heterocycles. The number of rotatable bonds is 6. The van der Waals surface area contributed by atoms with Crippen LogP contribution in [0.5, 0.6) is 5.75 Å². The highest BCUT2D eigenvalue weighted by molar-refractivity contribution is 6.30. The number of aliphatic imine (C=N–C) groups is 1. The molecule has 0 fully saturated rings. The van der Waals surface area contributed by atoms with E-state index in [0.29, 0.717) is 22.9 Å². The van der Waals surface area contributed by atoms with E-state index < -0.39 is 5.63 Å². The first-order valence-corrected chi connectivity index (χ1v) is 9.74. The summed E-state index contributed by atoms with van der Waals surface area (Å²) in [7, 11) is 1.55. The number of ether oxygens (including phenoxy) is 1. The SMILES string of the molecule is COc1ccc(CNc2ccccc2N=Cc2ccc(Cl)cc2)c2ccc(=O)oc12. The van der Waals surface area contributed by atoms with Crippen molar-refractivity contribution in [2.75, 3.05) is 12.4 Å². The normalized spacial score (nSPS) is 11.1. The number of hydrogen-bond acceptors (Lipinski definition) is 5. The van der Waals surface area contributed by atoms with E-state index in [1.807, 2.05) is 54.6 Å². The van der Waals surface area contributed by atoms with Crippen LogP contribution >= 0.6 is 11.6 Å². The highest BCUT2D eigenvalue weighted by atomic mass is 35.5. The lowest BCUT2D eigenvalue weighted by Gasteiger charge is -2.12. The number of methoxy groups -OCH3 is 1. The number of fused-ring (bicyclic) bond motifs is 1. The molecule has 0 radical (unpaired) electrons. The van der Waals surface area contributed by atoms with Crippen molar-refractivity contribution in [2.24, 2.45) is 4.99 Å². The number of halogens is 1. The summed E-state index contributed by atoms with van der Waals surface area (Å²) in [5, 5.41) is 4.94. The minimum atomic E-state index is -0.409. The molecular formula is C24H19ClN2O3. The number of benzene rings is 3. The Morgan fingerprint density at radius 3 is 2.63 bits per heavy atom. The molecule has 0 saturated carbocycles. The van der Waals surface area contributed by atoms with Gasteiger partial charge in [0.15, 0.2) is 11.3 Å². The number of nitrogens with zero attached hydrogens (tertiary/aromatic N) is 1. The van der Waals surface area contributed by atoms with E-state index >= 15 is 0 Å². The van der Waals surface area contributed by atoms with E-state index in [1.54, 1.807) is 25.5 Å². The lowest BCUT2D eigenvalue weighted by molar-refractivity contribution is 0.406. The molecule has 1 N–H and O–H groups in total. The van der Waals surface area contributed by atoms with E-state index in [1.165, 1.54) is 6.07 Å². The maximum atomic E-state index is 11.6. The summed E-state index contributed by atoms with van der Waals surface area (Å²) in [6, 6.07) is 22.2. The molecule has 150 valence electrons. The standard InChI is InChI=1S/C24H19ClN2O3/c1-29-22-12-8-17(19-11-13-23(28)30-24(19)22)15-27-21-5-3-2-4-20(21)26-14-16-6-9-18(25)10-7-16/h2-14,27H,15H2,1H3. The van der Waals surface area contributed by atoms with Gasteiger partial charge < -0.3 is 14.5 Å². The molecule has 0 aliphatic rings. The fraction of sp³-hybridized carbons (Fsp3) is 0.0833. The van der Waals surface area contributed by atoms with E-state index in [2.05, 4.69) is 10.3 Å². The molecule has 3 aromatic carbocycles. The second-order valence-electron chi connectivity index (χ2n) is 6.60. The van der Waals surface area contributed by atoms with Gasteiger partial charge in [-0.1, -0.05) is 41.9 Å². The summed E-state index contributed by atoms with van der Waals surface area (Å²) in [6.07, 6.45) is 1.80. The zero-order valence-corrected chi connectivity index (χ0v) is 17.0. The number of nitrogens with one attached hydrogen (secondary N) is 1. The van der Waals surface area contributed by atoms with Gasteiger partial charge in [0.05, 0.1) is 18.5 Å². The van der Waals surface area contributed by atoms with E-state index in [-0.39, 0.29) is 0 Å². The minimum Gasteiger partial charge on any atom is -0.493 e. The first kappa shape index (κ1) is 19.7. The Hall–Kier alpha value is -3.57. The number of hydrogen-bond donors (Lipinski definition) is 1. The zero-order valence-electron chi connectivity index (χ0n) is 16.3.